The minimum Gasteiger partial charge on any atom is -0.491 e. The third-order valence-electron chi connectivity index (χ3n) is 7.34. The van der Waals surface area contributed by atoms with E-state index in [1.54, 1.807) is 43.3 Å². The lowest BCUT2D eigenvalue weighted by atomic mass is 9.98. The van der Waals surface area contributed by atoms with E-state index in [-0.39, 0.29) is 17.2 Å². The first-order chi connectivity index (χ1) is 22.2. The zero-order valence-electron chi connectivity index (χ0n) is 26.2. The summed E-state index contributed by atoms with van der Waals surface area (Å²) in [4.78, 5) is 51.2. The number of anilines is 2. The second-order valence-electron chi connectivity index (χ2n) is 10.7. The van der Waals surface area contributed by atoms with Gasteiger partial charge in [-0.3, -0.25) is 24.5 Å². The Labute approximate surface area is 268 Å². The van der Waals surface area contributed by atoms with Crippen LogP contribution in [0, 0.1) is 17.0 Å². The normalized spacial score (nSPS) is 10.6. The molecule has 2 amide bonds. The van der Waals surface area contributed by atoms with E-state index in [2.05, 4.69) is 5.32 Å². The number of aryl methyl sites for hydroxylation is 1. The second kappa shape index (κ2) is 16.0. The zero-order valence-corrected chi connectivity index (χ0v) is 26.2. The summed E-state index contributed by atoms with van der Waals surface area (Å²) in [6.07, 6.45) is 2.49. The van der Waals surface area contributed by atoms with E-state index in [9.17, 15) is 24.5 Å². The molecular formula is C36H37N3O7. The van der Waals surface area contributed by atoms with E-state index in [1.807, 2.05) is 43.3 Å². The zero-order chi connectivity index (χ0) is 33.1. The van der Waals surface area contributed by atoms with Gasteiger partial charge in [-0.2, -0.15) is 0 Å². The van der Waals surface area contributed by atoms with Crippen molar-refractivity contribution in [2.24, 2.45) is 0 Å². The minimum absolute atomic E-state index is 0.140. The fraction of sp³-hybridized carbons (Fsp3) is 0.250. The summed E-state index contributed by atoms with van der Waals surface area (Å²) in [5, 5.41) is 14.8. The molecule has 0 saturated heterocycles. The van der Waals surface area contributed by atoms with Crippen molar-refractivity contribution in [1.82, 2.24) is 0 Å². The van der Waals surface area contributed by atoms with Crippen molar-refractivity contribution >= 4 is 34.8 Å². The SMILES string of the molecule is CCOC(=O)CCCCCOc1ccccc1N(C)C(=O)c1ccc(NC(=O)c2ccccc2-c2ccc(C)cc2)cc1[N+](=O)[O-]. The molecule has 0 heterocycles. The van der Waals surface area contributed by atoms with E-state index in [1.165, 1.54) is 30.1 Å². The molecule has 238 valence electrons. The monoisotopic (exact) mass is 623 g/mol. The summed E-state index contributed by atoms with van der Waals surface area (Å²) in [5.41, 5.74) is 3.13. The highest BCUT2D eigenvalue weighted by atomic mass is 16.6. The van der Waals surface area contributed by atoms with Gasteiger partial charge in [-0.15, -0.1) is 0 Å². The van der Waals surface area contributed by atoms with E-state index in [0.29, 0.717) is 49.5 Å². The topological polar surface area (TPSA) is 128 Å². The van der Waals surface area contributed by atoms with Crippen molar-refractivity contribution in [2.75, 3.05) is 30.5 Å². The van der Waals surface area contributed by atoms with Crippen LogP contribution < -0.4 is 15.0 Å². The average molecular weight is 624 g/mol. The van der Waals surface area contributed by atoms with Crippen LogP contribution in [0.1, 0.15) is 58.9 Å². The standard InChI is InChI=1S/C36H37N3O7/c1-4-45-34(40)16-6-5-11-23-46-33-15-10-9-14-31(33)38(3)36(42)30-22-21-27(24-32(30)39(43)44)37-35(41)29-13-8-7-12-28(29)26-19-17-25(2)18-20-26/h7-10,12-15,17-22,24H,4-6,11,16,23H2,1-3H3,(H,37,41). The Kier molecular flexibility index (Phi) is 11.6. The van der Waals surface area contributed by atoms with E-state index >= 15 is 0 Å². The van der Waals surface area contributed by atoms with Crippen LogP contribution in [0.15, 0.2) is 91.0 Å². The molecule has 4 rings (SSSR count). The Morgan fingerprint density at radius 2 is 1.59 bits per heavy atom. The van der Waals surface area contributed by atoms with Crippen LogP contribution in [0.5, 0.6) is 5.75 Å². The fourth-order valence-corrected chi connectivity index (χ4v) is 4.92. The van der Waals surface area contributed by atoms with Crippen LogP contribution in [-0.4, -0.2) is 43.0 Å². The van der Waals surface area contributed by atoms with Crippen molar-refractivity contribution in [1.29, 1.82) is 0 Å². The number of rotatable bonds is 14. The smallest absolute Gasteiger partial charge is 0.305 e. The number of para-hydroxylation sites is 2. The molecule has 0 radical (unpaired) electrons. The maximum atomic E-state index is 13.6. The first kappa shape index (κ1) is 33.4. The summed E-state index contributed by atoms with van der Waals surface area (Å²) in [6.45, 7) is 4.48. The van der Waals surface area contributed by atoms with Crippen LogP contribution >= 0.6 is 0 Å². The molecule has 0 fully saturated rings. The number of carbonyl (C=O) groups excluding carboxylic acids is 3. The Bertz CT molecular complexity index is 1700. The molecule has 0 aliphatic carbocycles. The third-order valence-corrected chi connectivity index (χ3v) is 7.34. The fourth-order valence-electron chi connectivity index (χ4n) is 4.92. The van der Waals surface area contributed by atoms with Crippen LogP contribution in [0.4, 0.5) is 17.1 Å². The maximum Gasteiger partial charge on any atom is 0.305 e. The van der Waals surface area contributed by atoms with Crippen LogP contribution in [0.2, 0.25) is 0 Å². The average Bonchev–Trinajstić information content (AvgIpc) is 3.06. The molecule has 0 unspecified atom stereocenters. The molecule has 0 aliphatic rings. The molecule has 10 heteroatoms. The Morgan fingerprint density at radius 3 is 2.33 bits per heavy atom. The van der Waals surface area contributed by atoms with Gasteiger partial charge in [0, 0.05) is 30.8 Å². The minimum atomic E-state index is -0.643. The Morgan fingerprint density at radius 1 is 0.870 bits per heavy atom. The molecule has 0 atom stereocenters. The van der Waals surface area contributed by atoms with E-state index < -0.39 is 22.4 Å². The molecule has 4 aromatic rings. The molecule has 0 spiro atoms. The Hall–Kier alpha value is -5.51. The molecule has 0 bridgehead atoms. The summed E-state index contributed by atoms with van der Waals surface area (Å²) in [7, 11) is 1.52. The van der Waals surface area contributed by atoms with Gasteiger partial charge in [-0.05, 0) is 74.6 Å². The van der Waals surface area contributed by atoms with Crippen LogP contribution in [-0.2, 0) is 9.53 Å². The molecule has 10 nitrogen and oxygen atoms in total. The highest BCUT2D eigenvalue weighted by molar-refractivity contribution is 6.11. The van der Waals surface area contributed by atoms with Gasteiger partial charge >= 0.3 is 5.97 Å². The largest absolute Gasteiger partial charge is 0.491 e. The summed E-state index contributed by atoms with van der Waals surface area (Å²) in [6, 6.07) is 25.8. The predicted octanol–water partition coefficient (Wildman–Crippen LogP) is 7.60. The van der Waals surface area contributed by atoms with Gasteiger partial charge in [0.25, 0.3) is 17.5 Å². The van der Waals surface area contributed by atoms with Gasteiger partial charge in [0.1, 0.15) is 11.3 Å². The van der Waals surface area contributed by atoms with Crippen LogP contribution in [0.25, 0.3) is 11.1 Å². The lowest BCUT2D eigenvalue weighted by Crippen LogP contribution is -2.27. The number of amides is 2. The summed E-state index contributed by atoms with van der Waals surface area (Å²) >= 11 is 0. The number of nitro groups is 1. The molecule has 46 heavy (non-hydrogen) atoms. The molecule has 4 aromatic carbocycles. The highest BCUT2D eigenvalue weighted by Crippen LogP contribution is 2.32. The Balaban J connectivity index is 1.47. The number of benzene rings is 4. The predicted molar refractivity (Wildman–Crippen MR) is 177 cm³/mol. The van der Waals surface area contributed by atoms with Gasteiger partial charge in [0.05, 0.1) is 23.8 Å². The van der Waals surface area contributed by atoms with E-state index in [0.717, 1.165) is 23.1 Å². The molecule has 1 N–H and O–H groups in total. The highest BCUT2D eigenvalue weighted by Gasteiger charge is 2.26. The number of unbranched alkanes of at least 4 members (excludes halogenated alkanes) is 2. The van der Waals surface area contributed by atoms with Crippen molar-refractivity contribution in [3.05, 3.63) is 118 Å². The number of nitrogens with zero attached hydrogens (tertiary/aromatic N) is 2. The van der Waals surface area contributed by atoms with Crippen molar-refractivity contribution in [3.63, 3.8) is 0 Å². The van der Waals surface area contributed by atoms with Crippen molar-refractivity contribution in [3.8, 4) is 16.9 Å². The summed E-state index contributed by atoms with van der Waals surface area (Å²) < 4.78 is 10.9. The van der Waals surface area contributed by atoms with E-state index in [4.69, 9.17) is 9.47 Å². The van der Waals surface area contributed by atoms with Gasteiger partial charge in [-0.25, -0.2) is 0 Å². The van der Waals surface area contributed by atoms with Gasteiger partial charge < -0.3 is 19.7 Å². The quantitative estimate of drug-likeness (QED) is 0.0663. The lowest BCUT2D eigenvalue weighted by molar-refractivity contribution is -0.385. The van der Waals surface area contributed by atoms with Crippen LogP contribution in [0.3, 0.4) is 0 Å². The van der Waals surface area contributed by atoms with Gasteiger partial charge in [-0.1, -0.05) is 60.2 Å². The summed E-state index contributed by atoms with van der Waals surface area (Å²) in [5.74, 6) is -0.821. The maximum absolute atomic E-state index is 13.6. The number of nitro benzene ring substituents is 1. The van der Waals surface area contributed by atoms with Gasteiger partial charge in [0.2, 0.25) is 0 Å². The lowest BCUT2D eigenvalue weighted by Gasteiger charge is -2.21. The molecule has 0 aliphatic heterocycles. The second-order valence-corrected chi connectivity index (χ2v) is 10.7. The first-order valence-electron chi connectivity index (χ1n) is 15.1. The molecule has 0 saturated carbocycles. The van der Waals surface area contributed by atoms with Gasteiger partial charge in [0.15, 0.2) is 0 Å². The number of carbonyl (C=O) groups is 3. The number of esters is 1. The molecule has 0 aromatic heterocycles. The third kappa shape index (κ3) is 8.56. The van der Waals surface area contributed by atoms with Crippen molar-refractivity contribution in [2.45, 2.75) is 39.5 Å². The number of nitrogens with one attached hydrogen (secondary N) is 1. The number of hydrogen-bond donors (Lipinski definition) is 1. The first-order valence-corrected chi connectivity index (χ1v) is 15.1. The van der Waals surface area contributed by atoms with Crippen molar-refractivity contribution < 1.29 is 28.8 Å². The number of ether oxygens (including phenoxy) is 2. The number of hydrogen-bond acceptors (Lipinski definition) is 7. The molecular weight excluding hydrogens is 586 g/mol.